The number of carbonyl (C=O) groups is 1. The number of ether oxygens (including phenoxy) is 1. The molecule has 0 saturated carbocycles. The Bertz CT molecular complexity index is 646. The molecule has 0 N–H and O–H groups in total. The Labute approximate surface area is 135 Å². The first-order valence-corrected chi connectivity index (χ1v) is 7.47. The number of nitrogens with zero attached hydrogens (tertiary/aromatic N) is 2. The van der Waals surface area contributed by atoms with E-state index >= 15 is 0 Å². The Balaban J connectivity index is 2.29. The molecule has 0 radical (unpaired) electrons. The number of pyridine rings is 1. The van der Waals surface area contributed by atoms with Crippen molar-refractivity contribution >= 4 is 17.5 Å². The molecule has 4 nitrogen and oxygen atoms in total. The first-order valence-electron chi connectivity index (χ1n) is 7.09. The number of hydrogen-bond acceptors (Lipinski definition) is 3. The van der Waals surface area contributed by atoms with Crippen LogP contribution in [0.3, 0.4) is 0 Å². The van der Waals surface area contributed by atoms with Gasteiger partial charge in [0.05, 0.1) is 18.8 Å². The largest absolute Gasteiger partial charge is 0.497 e. The van der Waals surface area contributed by atoms with Crippen molar-refractivity contribution in [3.8, 4) is 5.75 Å². The predicted molar refractivity (Wildman–Crippen MR) is 87.4 cm³/mol. The number of amides is 1. The molecule has 0 aliphatic rings. The molecule has 1 atom stereocenters. The number of carbonyl (C=O) groups excluding carboxylic acids is 1. The summed E-state index contributed by atoms with van der Waals surface area (Å²) in [5.41, 5.74) is 1.37. The number of methoxy groups -OCH3 is 1. The van der Waals surface area contributed by atoms with Gasteiger partial charge in [0.1, 0.15) is 5.75 Å². The highest BCUT2D eigenvalue weighted by molar-refractivity contribution is 6.31. The molecular formula is C17H19ClN2O2. The number of halogens is 1. The van der Waals surface area contributed by atoms with Crippen molar-refractivity contribution in [2.24, 2.45) is 0 Å². The molecule has 1 aromatic heterocycles. The van der Waals surface area contributed by atoms with Crippen molar-refractivity contribution in [1.82, 2.24) is 9.88 Å². The standard InChI is InChI=1S/C17H19ClN2O2/c1-4-16(15-7-5-6-8-19-15)20(2)17(21)12-9-13(18)11-14(10-12)22-3/h5-11,16H,4H2,1-3H3. The minimum Gasteiger partial charge on any atom is -0.497 e. The highest BCUT2D eigenvalue weighted by Gasteiger charge is 2.22. The summed E-state index contributed by atoms with van der Waals surface area (Å²) in [6.45, 7) is 2.03. The fourth-order valence-electron chi connectivity index (χ4n) is 2.40. The number of rotatable bonds is 5. The van der Waals surface area contributed by atoms with Crippen LogP contribution in [0, 0.1) is 0 Å². The van der Waals surface area contributed by atoms with Crippen molar-refractivity contribution in [2.75, 3.05) is 14.2 Å². The van der Waals surface area contributed by atoms with Crippen LogP contribution >= 0.6 is 11.6 Å². The van der Waals surface area contributed by atoms with Gasteiger partial charge in [0, 0.05) is 23.8 Å². The quantitative estimate of drug-likeness (QED) is 0.837. The lowest BCUT2D eigenvalue weighted by molar-refractivity contribution is 0.0722. The van der Waals surface area contributed by atoms with Crippen molar-refractivity contribution < 1.29 is 9.53 Å². The van der Waals surface area contributed by atoms with Gasteiger partial charge in [-0.1, -0.05) is 24.6 Å². The van der Waals surface area contributed by atoms with Crippen LogP contribution in [-0.4, -0.2) is 29.9 Å². The average Bonchev–Trinajstić information content (AvgIpc) is 2.55. The molecule has 1 amide bonds. The fourth-order valence-corrected chi connectivity index (χ4v) is 2.63. The average molecular weight is 319 g/mol. The summed E-state index contributed by atoms with van der Waals surface area (Å²) in [6.07, 6.45) is 2.51. The third-order valence-corrected chi connectivity index (χ3v) is 3.78. The van der Waals surface area contributed by atoms with Crippen LogP contribution in [0.2, 0.25) is 5.02 Å². The summed E-state index contributed by atoms with van der Waals surface area (Å²) in [5.74, 6) is 0.452. The summed E-state index contributed by atoms with van der Waals surface area (Å²) >= 11 is 6.04. The molecule has 0 spiro atoms. The third kappa shape index (κ3) is 3.57. The van der Waals surface area contributed by atoms with Crippen molar-refractivity contribution in [2.45, 2.75) is 19.4 Å². The lowest BCUT2D eigenvalue weighted by Gasteiger charge is -2.27. The highest BCUT2D eigenvalue weighted by atomic mass is 35.5. The maximum absolute atomic E-state index is 12.7. The van der Waals surface area contributed by atoms with Gasteiger partial charge in [-0.15, -0.1) is 0 Å². The fraction of sp³-hybridized carbons (Fsp3) is 0.294. The summed E-state index contributed by atoms with van der Waals surface area (Å²) < 4.78 is 5.17. The minimum absolute atomic E-state index is 0.0846. The Morgan fingerprint density at radius 3 is 2.73 bits per heavy atom. The third-order valence-electron chi connectivity index (χ3n) is 3.56. The minimum atomic E-state index is -0.113. The molecular weight excluding hydrogens is 300 g/mol. The summed E-state index contributed by atoms with van der Waals surface area (Å²) in [6, 6.07) is 10.6. The van der Waals surface area contributed by atoms with E-state index in [1.54, 1.807) is 43.5 Å². The van der Waals surface area contributed by atoms with E-state index in [9.17, 15) is 4.79 Å². The summed E-state index contributed by atoms with van der Waals surface area (Å²) in [7, 11) is 3.32. The molecule has 0 saturated heterocycles. The van der Waals surface area contributed by atoms with Crippen LogP contribution in [0.5, 0.6) is 5.75 Å². The van der Waals surface area contributed by atoms with Gasteiger partial charge >= 0.3 is 0 Å². The Morgan fingerprint density at radius 1 is 1.36 bits per heavy atom. The van der Waals surface area contributed by atoms with Gasteiger partial charge in [0.15, 0.2) is 0 Å². The molecule has 0 fully saturated rings. The lowest BCUT2D eigenvalue weighted by atomic mass is 10.1. The monoisotopic (exact) mass is 318 g/mol. The van der Waals surface area contributed by atoms with Crippen molar-refractivity contribution in [3.05, 3.63) is 58.9 Å². The molecule has 2 aromatic rings. The second-order valence-corrected chi connectivity index (χ2v) is 5.41. The molecule has 1 heterocycles. The van der Waals surface area contributed by atoms with Gasteiger partial charge in [-0.2, -0.15) is 0 Å². The molecule has 116 valence electrons. The SMILES string of the molecule is CCC(c1ccccn1)N(C)C(=O)c1cc(Cl)cc(OC)c1. The molecule has 0 aliphatic heterocycles. The Morgan fingerprint density at radius 2 is 2.14 bits per heavy atom. The molecule has 0 bridgehead atoms. The summed E-state index contributed by atoms with van der Waals surface area (Å²) in [5, 5.41) is 0.474. The second-order valence-electron chi connectivity index (χ2n) is 4.97. The van der Waals surface area contributed by atoms with E-state index in [0.717, 1.165) is 12.1 Å². The first kappa shape index (κ1) is 16.3. The zero-order valence-electron chi connectivity index (χ0n) is 12.9. The maximum Gasteiger partial charge on any atom is 0.254 e. The van der Waals surface area contributed by atoms with E-state index in [2.05, 4.69) is 4.98 Å². The van der Waals surface area contributed by atoms with Gasteiger partial charge in [-0.3, -0.25) is 9.78 Å². The van der Waals surface area contributed by atoms with Gasteiger partial charge in [-0.25, -0.2) is 0 Å². The second kappa shape index (κ2) is 7.27. The van der Waals surface area contributed by atoms with Gasteiger partial charge in [-0.05, 0) is 36.8 Å². The predicted octanol–water partition coefficient (Wildman–Crippen LogP) is 3.97. The van der Waals surface area contributed by atoms with Crippen LogP contribution in [0.4, 0.5) is 0 Å². The van der Waals surface area contributed by atoms with E-state index in [1.165, 1.54) is 0 Å². The number of hydrogen-bond donors (Lipinski definition) is 0. The first-order chi connectivity index (χ1) is 10.6. The molecule has 2 rings (SSSR count). The molecule has 0 aliphatic carbocycles. The van der Waals surface area contributed by atoms with E-state index < -0.39 is 0 Å². The van der Waals surface area contributed by atoms with Crippen LogP contribution in [0.15, 0.2) is 42.6 Å². The molecule has 5 heteroatoms. The van der Waals surface area contributed by atoms with E-state index in [4.69, 9.17) is 16.3 Å². The number of benzene rings is 1. The normalized spacial score (nSPS) is 11.8. The smallest absolute Gasteiger partial charge is 0.254 e. The van der Waals surface area contributed by atoms with Gasteiger partial charge < -0.3 is 9.64 Å². The lowest BCUT2D eigenvalue weighted by Crippen LogP contribution is -2.31. The van der Waals surface area contributed by atoms with E-state index in [0.29, 0.717) is 16.3 Å². The van der Waals surface area contributed by atoms with E-state index in [1.807, 2.05) is 25.1 Å². The zero-order chi connectivity index (χ0) is 16.1. The van der Waals surface area contributed by atoms with E-state index in [-0.39, 0.29) is 11.9 Å². The van der Waals surface area contributed by atoms with Crippen molar-refractivity contribution in [1.29, 1.82) is 0 Å². The van der Waals surface area contributed by atoms with Gasteiger partial charge in [0.25, 0.3) is 5.91 Å². The Hall–Kier alpha value is -2.07. The van der Waals surface area contributed by atoms with Crippen LogP contribution in [0.25, 0.3) is 0 Å². The molecule has 22 heavy (non-hydrogen) atoms. The topological polar surface area (TPSA) is 42.4 Å². The zero-order valence-corrected chi connectivity index (χ0v) is 13.7. The molecule has 1 aromatic carbocycles. The van der Waals surface area contributed by atoms with Crippen LogP contribution < -0.4 is 4.74 Å². The van der Waals surface area contributed by atoms with Gasteiger partial charge in [0.2, 0.25) is 0 Å². The Kier molecular flexibility index (Phi) is 5.39. The highest BCUT2D eigenvalue weighted by Crippen LogP contribution is 2.26. The number of aromatic nitrogens is 1. The van der Waals surface area contributed by atoms with Crippen LogP contribution in [-0.2, 0) is 0 Å². The van der Waals surface area contributed by atoms with Crippen LogP contribution in [0.1, 0.15) is 35.4 Å². The molecule has 1 unspecified atom stereocenters. The maximum atomic E-state index is 12.7. The summed E-state index contributed by atoms with van der Waals surface area (Å²) in [4.78, 5) is 18.8. The van der Waals surface area contributed by atoms with Crippen molar-refractivity contribution in [3.63, 3.8) is 0 Å².